The molecule has 0 saturated heterocycles. The highest BCUT2D eigenvalue weighted by Gasteiger charge is 2.10. The minimum Gasteiger partial charge on any atom is -0.493 e. The van der Waals surface area contributed by atoms with E-state index in [1.165, 1.54) is 7.11 Å². The van der Waals surface area contributed by atoms with Gasteiger partial charge in [0.2, 0.25) is 0 Å². The zero-order valence-electron chi connectivity index (χ0n) is 11.1. The molecule has 0 radical (unpaired) electrons. The average molecular weight is 271 g/mol. The minimum atomic E-state index is -0.0871. The number of aromatic nitrogens is 2. The largest absolute Gasteiger partial charge is 0.493 e. The number of benzene rings is 1. The van der Waals surface area contributed by atoms with Gasteiger partial charge in [-0.15, -0.1) is 0 Å². The molecule has 2 aromatic rings. The van der Waals surface area contributed by atoms with Gasteiger partial charge < -0.3 is 14.6 Å². The van der Waals surface area contributed by atoms with Crippen molar-refractivity contribution in [2.24, 2.45) is 0 Å². The third kappa shape index (κ3) is 3.02. The van der Waals surface area contributed by atoms with E-state index in [0.717, 1.165) is 0 Å². The maximum atomic E-state index is 9.09. The van der Waals surface area contributed by atoms with Crippen molar-refractivity contribution in [3.63, 3.8) is 0 Å². The second-order valence-corrected chi connectivity index (χ2v) is 4.03. The van der Waals surface area contributed by atoms with Crippen LogP contribution in [0, 0.1) is 18.3 Å². The van der Waals surface area contributed by atoms with E-state index in [-0.39, 0.29) is 18.3 Å². The van der Waals surface area contributed by atoms with E-state index < -0.39 is 0 Å². The predicted octanol–water partition coefficient (Wildman–Crippen LogP) is 1.95. The number of aliphatic hydroxyl groups is 1. The fourth-order valence-corrected chi connectivity index (χ4v) is 1.64. The van der Waals surface area contributed by atoms with Crippen LogP contribution in [0.3, 0.4) is 0 Å². The summed E-state index contributed by atoms with van der Waals surface area (Å²) in [5.41, 5.74) is 1.58. The Balaban J connectivity index is 2.35. The lowest BCUT2D eigenvalue weighted by Crippen LogP contribution is -1.98. The molecule has 6 heteroatoms. The van der Waals surface area contributed by atoms with Crippen molar-refractivity contribution in [2.75, 3.05) is 7.11 Å². The highest BCUT2D eigenvalue weighted by Crippen LogP contribution is 2.31. The summed E-state index contributed by atoms with van der Waals surface area (Å²) in [6.07, 6.45) is 0. The Bertz CT molecular complexity index is 665. The van der Waals surface area contributed by atoms with Gasteiger partial charge in [-0.25, -0.2) is 4.98 Å². The fraction of sp³-hybridized carbons (Fsp3) is 0.214. The van der Waals surface area contributed by atoms with Crippen LogP contribution >= 0.6 is 0 Å². The van der Waals surface area contributed by atoms with Crippen LogP contribution < -0.4 is 9.47 Å². The van der Waals surface area contributed by atoms with E-state index >= 15 is 0 Å². The zero-order valence-corrected chi connectivity index (χ0v) is 11.1. The molecule has 0 spiro atoms. The van der Waals surface area contributed by atoms with Crippen molar-refractivity contribution < 1.29 is 14.6 Å². The maximum absolute atomic E-state index is 9.09. The number of ether oxygens (including phenoxy) is 2. The fourth-order valence-electron chi connectivity index (χ4n) is 1.64. The van der Waals surface area contributed by atoms with Crippen molar-refractivity contribution in [1.82, 2.24) is 9.97 Å². The van der Waals surface area contributed by atoms with Crippen LogP contribution in [0.5, 0.6) is 17.5 Å². The number of nitrogens with zero attached hydrogens (tertiary/aromatic N) is 3. The van der Waals surface area contributed by atoms with Crippen LogP contribution in [0.15, 0.2) is 24.3 Å². The van der Waals surface area contributed by atoms with Crippen molar-refractivity contribution in [2.45, 2.75) is 13.5 Å². The standard InChI is InChI=1S/C14H13N3O3/c1-9-5-11(7-15)17-14(16-9)20-12-4-3-10(8-18)6-13(12)19-2/h3-6,18H,8H2,1-2H3. The van der Waals surface area contributed by atoms with Gasteiger partial charge in [0.15, 0.2) is 11.5 Å². The van der Waals surface area contributed by atoms with Crippen LogP contribution in [0.2, 0.25) is 0 Å². The number of aliphatic hydroxyl groups excluding tert-OH is 1. The first-order valence-electron chi connectivity index (χ1n) is 5.87. The summed E-state index contributed by atoms with van der Waals surface area (Å²) in [5, 5.41) is 18.0. The van der Waals surface area contributed by atoms with Gasteiger partial charge in [0, 0.05) is 5.69 Å². The number of aryl methyl sites for hydroxylation is 1. The summed E-state index contributed by atoms with van der Waals surface area (Å²) >= 11 is 0. The molecule has 1 N–H and O–H groups in total. The van der Waals surface area contributed by atoms with Gasteiger partial charge in [-0.2, -0.15) is 10.2 Å². The number of hydrogen-bond acceptors (Lipinski definition) is 6. The molecule has 1 aromatic heterocycles. The topological polar surface area (TPSA) is 88.3 Å². The van der Waals surface area contributed by atoms with Gasteiger partial charge in [-0.3, -0.25) is 0 Å². The normalized spacial score (nSPS) is 9.90. The van der Waals surface area contributed by atoms with Gasteiger partial charge in [0.1, 0.15) is 11.8 Å². The second kappa shape index (κ2) is 5.99. The van der Waals surface area contributed by atoms with Crippen molar-refractivity contribution in [3.8, 4) is 23.6 Å². The average Bonchev–Trinajstić information content (AvgIpc) is 2.47. The first kappa shape index (κ1) is 13.8. The Kier molecular flexibility index (Phi) is 4.13. The molecule has 0 bridgehead atoms. The summed E-state index contributed by atoms with van der Waals surface area (Å²) in [4.78, 5) is 8.07. The molecule has 20 heavy (non-hydrogen) atoms. The van der Waals surface area contributed by atoms with Crippen molar-refractivity contribution in [1.29, 1.82) is 5.26 Å². The first-order chi connectivity index (χ1) is 9.66. The van der Waals surface area contributed by atoms with Crippen LogP contribution in [-0.4, -0.2) is 22.2 Å². The minimum absolute atomic E-state index is 0.0802. The number of hydrogen-bond donors (Lipinski definition) is 1. The Morgan fingerprint density at radius 2 is 2.05 bits per heavy atom. The maximum Gasteiger partial charge on any atom is 0.323 e. The molecule has 0 aliphatic carbocycles. The quantitative estimate of drug-likeness (QED) is 0.914. The Morgan fingerprint density at radius 1 is 1.25 bits per heavy atom. The highest BCUT2D eigenvalue weighted by atomic mass is 16.5. The smallest absolute Gasteiger partial charge is 0.323 e. The van der Waals surface area contributed by atoms with E-state index in [9.17, 15) is 0 Å². The van der Waals surface area contributed by atoms with E-state index in [0.29, 0.717) is 22.8 Å². The molecule has 0 aliphatic rings. The Morgan fingerprint density at radius 3 is 2.70 bits per heavy atom. The number of nitriles is 1. The monoisotopic (exact) mass is 271 g/mol. The molecule has 0 atom stereocenters. The molecule has 6 nitrogen and oxygen atoms in total. The summed E-state index contributed by atoms with van der Waals surface area (Å²) in [6.45, 7) is 1.66. The lowest BCUT2D eigenvalue weighted by molar-refractivity contribution is 0.280. The molecular formula is C14H13N3O3. The highest BCUT2D eigenvalue weighted by molar-refractivity contribution is 5.44. The van der Waals surface area contributed by atoms with E-state index in [4.69, 9.17) is 19.8 Å². The van der Waals surface area contributed by atoms with Gasteiger partial charge in [-0.05, 0) is 30.7 Å². The second-order valence-electron chi connectivity index (χ2n) is 4.03. The Hall–Kier alpha value is -2.65. The molecule has 0 amide bonds. The van der Waals surface area contributed by atoms with Gasteiger partial charge in [-0.1, -0.05) is 6.07 Å². The molecular weight excluding hydrogens is 258 g/mol. The molecule has 0 unspecified atom stereocenters. The van der Waals surface area contributed by atoms with Crippen molar-refractivity contribution >= 4 is 0 Å². The molecule has 0 fully saturated rings. The lowest BCUT2D eigenvalue weighted by atomic mass is 10.2. The molecule has 2 rings (SSSR count). The summed E-state index contributed by atoms with van der Waals surface area (Å²) in [7, 11) is 1.50. The third-order valence-corrected chi connectivity index (χ3v) is 2.56. The first-order valence-corrected chi connectivity index (χ1v) is 5.87. The van der Waals surface area contributed by atoms with Gasteiger partial charge in [0.05, 0.1) is 13.7 Å². The molecule has 0 saturated carbocycles. The van der Waals surface area contributed by atoms with Crippen LogP contribution in [0.4, 0.5) is 0 Å². The van der Waals surface area contributed by atoms with E-state index in [1.807, 2.05) is 6.07 Å². The summed E-state index contributed by atoms with van der Waals surface area (Å²) in [5.74, 6) is 0.874. The summed E-state index contributed by atoms with van der Waals surface area (Å²) in [6, 6.07) is 8.62. The Labute approximate surface area is 116 Å². The summed E-state index contributed by atoms with van der Waals surface area (Å²) < 4.78 is 10.7. The SMILES string of the molecule is COc1cc(CO)ccc1Oc1nc(C)cc(C#N)n1. The van der Waals surface area contributed by atoms with E-state index in [1.54, 1.807) is 31.2 Å². The third-order valence-electron chi connectivity index (χ3n) is 2.56. The molecule has 1 heterocycles. The lowest BCUT2D eigenvalue weighted by Gasteiger charge is -2.10. The zero-order chi connectivity index (χ0) is 14.5. The van der Waals surface area contributed by atoms with Gasteiger partial charge >= 0.3 is 6.01 Å². The predicted molar refractivity (Wildman–Crippen MR) is 70.5 cm³/mol. The molecule has 1 aromatic carbocycles. The molecule has 102 valence electrons. The van der Waals surface area contributed by atoms with E-state index in [2.05, 4.69) is 9.97 Å². The van der Waals surface area contributed by atoms with Gasteiger partial charge in [0.25, 0.3) is 0 Å². The van der Waals surface area contributed by atoms with Crippen LogP contribution in [0.25, 0.3) is 0 Å². The van der Waals surface area contributed by atoms with Crippen LogP contribution in [0.1, 0.15) is 17.0 Å². The molecule has 0 aliphatic heterocycles. The number of methoxy groups -OCH3 is 1. The number of rotatable bonds is 4. The van der Waals surface area contributed by atoms with Crippen molar-refractivity contribution in [3.05, 3.63) is 41.2 Å². The van der Waals surface area contributed by atoms with Crippen LogP contribution in [-0.2, 0) is 6.61 Å².